The first kappa shape index (κ1) is 12.0. The maximum atomic E-state index is 12.0. The highest BCUT2D eigenvalue weighted by atomic mass is 19.3. The van der Waals surface area contributed by atoms with Crippen LogP contribution in [0.2, 0.25) is 0 Å². The number of imide groups is 1. The Morgan fingerprint density at radius 2 is 2.00 bits per heavy atom. The van der Waals surface area contributed by atoms with Gasteiger partial charge in [0.25, 0.3) is 6.43 Å². The van der Waals surface area contributed by atoms with Gasteiger partial charge >= 0.3 is 0 Å². The molecule has 1 N–H and O–H groups in total. The lowest BCUT2D eigenvalue weighted by atomic mass is 9.92. The molecule has 0 aromatic rings. The van der Waals surface area contributed by atoms with Crippen molar-refractivity contribution in [3.05, 3.63) is 0 Å². The highest BCUT2D eigenvalue weighted by molar-refractivity contribution is 6.05. The van der Waals surface area contributed by atoms with E-state index in [1.165, 1.54) is 0 Å². The quantitative estimate of drug-likeness (QED) is 0.702. The van der Waals surface area contributed by atoms with E-state index in [1.54, 1.807) is 13.8 Å². The van der Waals surface area contributed by atoms with Crippen LogP contribution in [0.3, 0.4) is 0 Å². The van der Waals surface area contributed by atoms with Crippen LogP contribution in [0.5, 0.6) is 0 Å². The Labute approximate surface area is 85.9 Å². The van der Waals surface area contributed by atoms with Crippen LogP contribution in [0.25, 0.3) is 0 Å². The minimum atomic E-state index is -2.95. The van der Waals surface area contributed by atoms with E-state index in [0.29, 0.717) is 4.90 Å². The maximum Gasteiger partial charge on any atom is 0.265 e. The van der Waals surface area contributed by atoms with Crippen molar-refractivity contribution in [2.45, 2.75) is 32.8 Å². The van der Waals surface area contributed by atoms with Crippen LogP contribution in [0, 0.1) is 5.41 Å². The summed E-state index contributed by atoms with van der Waals surface area (Å²) < 4.78 is 24.1. The molecule has 15 heavy (non-hydrogen) atoms. The molecule has 1 fully saturated rings. The van der Waals surface area contributed by atoms with Crippen LogP contribution in [0.15, 0.2) is 0 Å². The third kappa shape index (κ3) is 2.31. The van der Waals surface area contributed by atoms with Gasteiger partial charge in [0.1, 0.15) is 6.10 Å². The number of hydrogen-bond donors (Lipinski definition) is 1. The van der Waals surface area contributed by atoms with Crippen molar-refractivity contribution in [2.24, 2.45) is 5.41 Å². The Balaban J connectivity index is 2.72. The first-order valence-electron chi connectivity index (χ1n) is 4.57. The molecule has 1 atom stereocenters. The molecule has 4 nitrogen and oxygen atoms in total. The molecule has 1 aliphatic rings. The van der Waals surface area contributed by atoms with Gasteiger partial charge in [0.15, 0.2) is 0 Å². The van der Waals surface area contributed by atoms with E-state index in [1.807, 2.05) is 0 Å². The third-order valence-corrected chi connectivity index (χ3v) is 2.38. The molecular weight excluding hydrogens is 208 g/mol. The van der Waals surface area contributed by atoms with E-state index in [0.717, 1.165) is 0 Å². The number of carbonyl (C=O) groups excluding carboxylic acids is 2. The van der Waals surface area contributed by atoms with Gasteiger partial charge in [-0.1, -0.05) is 13.8 Å². The van der Waals surface area contributed by atoms with Crippen LogP contribution in [-0.2, 0) is 9.59 Å². The molecule has 1 rings (SSSR count). The van der Waals surface area contributed by atoms with Crippen LogP contribution in [-0.4, -0.2) is 40.9 Å². The molecule has 1 saturated heterocycles. The summed E-state index contributed by atoms with van der Waals surface area (Å²) in [7, 11) is 0. The zero-order valence-corrected chi connectivity index (χ0v) is 8.54. The number of alkyl halides is 2. The lowest BCUT2D eigenvalue weighted by molar-refractivity contribution is -0.144. The summed E-state index contributed by atoms with van der Waals surface area (Å²) in [6.07, 6.45) is -4.91. The number of aliphatic hydroxyl groups is 1. The maximum absolute atomic E-state index is 12.0. The summed E-state index contributed by atoms with van der Waals surface area (Å²) in [5, 5.41) is 8.90. The number of β-amino-alcohol motifs (C(OH)–C–C–N with tert-alkyl or cyclic N) is 1. The van der Waals surface area contributed by atoms with Crippen molar-refractivity contribution < 1.29 is 23.5 Å². The van der Waals surface area contributed by atoms with Gasteiger partial charge in [-0.2, -0.15) is 0 Å². The number of rotatable bonds is 3. The van der Waals surface area contributed by atoms with E-state index < -0.39 is 36.3 Å². The van der Waals surface area contributed by atoms with E-state index in [2.05, 4.69) is 0 Å². The molecule has 0 radical (unpaired) electrons. The normalized spacial score (nSPS) is 22.7. The highest BCUT2D eigenvalue weighted by Gasteiger charge is 2.45. The predicted octanol–water partition coefficient (Wildman–Crippen LogP) is 0.397. The molecule has 0 spiro atoms. The van der Waals surface area contributed by atoms with E-state index in [-0.39, 0.29) is 6.42 Å². The number of hydrogen-bond acceptors (Lipinski definition) is 3. The van der Waals surface area contributed by atoms with Crippen LogP contribution in [0.4, 0.5) is 8.78 Å². The van der Waals surface area contributed by atoms with Crippen molar-refractivity contribution >= 4 is 11.8 Å². The summed E-state index contributed by atoms with van der Waals surface area (Å²) in [6.45, 7) is 2.52. The number of aliphatic hydroxyl groups excluding tert-OH is 1. The molecular formula is C9H13F2NO3. The molecule has 0 bridgehead atoms. The van der Waals surface area contributed by atoms with E-state index in [9.17, 15) is 18.4 Å². The van der Waals surface area contributed by atoms with Crippen molar-refractivity contribution in [1.82, 2.24) is 4.90 Å². The summed E-state index contributed by atoms with van der Waals surface area (Å²) in [4.78, 5) is 23.6. The van der Waals surface area contributed by atoms with Gasteiger partial charge in [0.2, 0.25) is 11.8 Å². The lowest BCUT2D eigenvalue weighted by Crippen LogP contribution is -2.41. The minimum absolute atomic E-state index is 0.00178. The van der Waals surface area contributed by atoms with E-state index >= 15 is 0 Å². The Hall–Kier alpha value is -1.04. The largest absolute Gasteiger partial charge is 0.385 e. The Morgan fingerprint density at radius 3 is 2.33 bits per heavy atom. The number of likely N-dealkylation sites (tertiary alicyclic amines) is 1. The average Bonchev–Trinajstić information content (AvgIpc) is 2.27. The van der Waals surface area contributed by atoms with Crippen molar-refractivity contribution in [2.75, 3.05) is 6.54 Å². The van der Waals surface area contributed by atoms with Crippen molar-refractivity contribution in [3.8, 4) is 0 Å². The molecule has 1 aliphatic heterocycles. The Kier molecular flexibility index (Phi) is 3.08. The summed E-state index contributed by atoms with van der Waals surface area (Å²) >= 11 is 0. The Bertz CT molecular complexity index is 291. The molecule has 0 aromatic heterocycles. The molecule has 1 unspecified atom stereocenters. The van der Waals surface area contributed by atoms with Crippen LogP contribution < -0.4 is 0 Å². The van der Waals surface area contributed by atoms with Gasteiger partial charge in [0.05, 0.1) is 12.0 Å². The van der Waals surface area contributed by atoms with Crippen molar-refractivity contribution in [3.63, 3.8) is 0 Å². The predicted molar refractivity (Wildman–Crippen MR) is 47.1 cm³/mol. The first-order valence-corrected chi connectivity index (χ1v) is 4.57. The SMILES string of the molecule is CC1(C)CC(=O)N(CC(O)C(F)F)C1=O. The molecule has 2 amide bonds. The van der Waals surface area contributed by atoms with Gasteiger partial charge < -0.3 is 5.11 Å². The van der Waals surface area contributed by atoms with E-state index in [4.69, 9.17) is 5.11 Å². The van der Waals surface area contributed by atoms with Crippen LogP contribution >= 0.6 is 0 Å². The van der Waals surface area contributed by atoms with Crippen molar-refractivity contribution in [1.29, 1.82) is 0 Å². The number of nitrogens with zero attached hydrogens (tertiary/aromatic N) is 1. The second kappa shape index (κ2) is 3.84. The van der Waals surface area contributed by atoms with Gasteiger partial charge in [-0.25, -0.2) is 8.78 Å². The average molecular weight is 221 g/mol. The second-order valence-corrected chi connectivity index (χ2v) is 4.27. The monoisotopic (exact) mass is 221 g/mol. The molecule has 0 saturated carbocycles. The molecule has 6 heteroatoms. The lowest BCUT2D eigenvalue weighted by Gasteiger charge is -2.20. The number of amides is 2. The fourth-order valence-corrected chi connectivity index (χ4v) is 1.48. The topological polar surface area (TPSA) is 57.6 Å². The smallest absolute Gasteiger partial charge is 0.265 e. The Morgan fingerprint density at radius 1 is 1.47 bits per heavy atom. The summed E-state index contributed by atoms with van der Waals surface area (Å²) in [5.41, 5.74) is -0.848. The van der Waals surface area contributed by atoms with Gasteiger partial charge in [-0.15, -0.1) is 0 Å². The molecule has 1 heterocycles. The first-order chi connectivity index (χ1) is 6.75. The van der Waals surface area contributed by atoms with Gasteiger partial charge in [0, 0.05) is 6.42 Å². The fourth-order valence-electron chi connectivity index (χ4n) is 1.48. The van der Waals surface area contributed by atoms with Crippen LogP contribution in [0.1, 0.15) is 20.3 Å². The van der Waals surface area contributed by atoms with Gasteiger partial charge in [-0.05, 0) is 0 Å². The molecule has 86 valence electrons. The third-order valence-electron chi connectivity index (χ3n) is 2.38. The highest BCUT2D eigenvalue weighted by Crippen LogP contribution is 2.31. The van der Waals surface area contributed by atoms with Gasteiger partial charge in [-0.3, -0.25) is 14.5 Å². The molecule has 0 aromatic carbocycles. The number of halogens is 2. The fraction of sp³-hybridized carbons (Fsp3) is 0.778. The molecule has 0 aliphatic carbocycles. The number of carbonyl (C=O) groups is 2. The standard InChI is InChI=1S/C9H13F2NO3/c1-9(2)3-6(14)12(8(9)15)4-5(13)7(10)11/h5,7,13H,3-4H2,1-2H3. The summed E-state index contributed by atoms with van der Waals surface area (Å²) in [6, 6.07) is 0. The second-order valence-electron chi connectivity index (χ2n) is 4.27. The minimum Gasteiger partial charge on any atom is -0.385 e. The zero-order valence-electron chi connectivity index (χ0n) is 8.54. The zero-order chi connectivity index (χ0) is 11.8. The summed E-state index contributed by atoms with van der Waals surface area (Å²) in [5.74, 6) is -1.02.